The molecule has 8 bridgehead atoms. The second-order valence-electron chi connectivity index (χ2n) is 11.3. The van der Waals surface area contributed by atoms with Crippen molar-refractivity contribution in [3.63, 3.8) is 0 Å². The molecule has 28 heavy (non-hydrogen) atoms. The lowest BCUT2D eigenvalue weighted by Crippen LogP contribution is -2.68. The smallest absolute Gasteiger partial charge is 0.190 e. The van der Waals surface area contributed by atoms with E-state index in [4.69, 9.17) is 10.7 Å². The SMILES string of the molecule is C=C1C2(O)CC3CC(C2)CC1(N=C(N)NC12CC4CC(CC(O)(C4)C1=C)C2)C3. The van der Waals surface area contributed by atoms with E-state index in [1.54, 1.807) is 0 Å². The summed E-state index contributed by atoms with van der Waals surface area (Å²) in [6, 6.07) is 0. The molecular formula is C23H33N3O2. The van der Waals surface area contributed by atoms with Crippen molar-refractivity contribution >= 4 is 5.96 Å². The zero-order chi connectivity index (χ0) is 19.5. The Labute approximate surface area is 167 Å². The third-order valence-electron chi connectivity index (χ3n) is 9.33. The maximum absolute atomic E-state index is 11.2. The number of rotatable bonds is 2. The molecule has 0 amide bonds. The molecule has 0 aromatic heterocycles. The van der Waals surface area contributed by atoms with E-state index in [1.807, 2.05) is 0 Å². The lowest BCUT2D eigenvalue weighted by molar-refractivity contribution is -0.0886. The molecule has 8 rings (SSSR count). The van der Waals surface area contributed by atoms with Gasteiger partial charge in [-0.25, -0.2) is 4.99 Å². The van der Waals surface area contributed by atoms with Crippen LogP contribution in [0.5, 0.6) is 0 Å². The van der Waals surface area contributed by atoms with Crippen molar-refractivity contribution in [3.8, 4) is 0 Å². The Bertz CT molecular complexity index is 787. The standard InChI is InChI=1S/C23H33N3O2/c1-13-20(5-15-3-16(6-20)10-22(13,27)9-15)25-19(24)26-21-7-17-4-18(8-21)12-23(28,11-17)14(21)2/h15-18,27-28H,1-12H2,(H3,24,25,26). The minimum absolute atomic E-state index is 0.326. The Hall–Kier alpha value is -1.33. The quantitative estimate of drug-likeness (QED) is 0.335. The lowest BCUT2D eigenvalue weighted by atomic mass is 9.49. The van der Waals surface area contributed by atoms with E-state index in [0.717, 1.165) is 62.5 Å². The van der Waals surface area contributed by atoms with E-state index >= 15 is 0 Å². The molecule has 0 saturated heterocycles. The minimum atomic E-state index is -0.757. The summed E-state index contributed by atoms with van der Waals surface area (Å²) in [7, 11) is 0. The highest BCUT2D eigenvalue weighted by Crippen LogP contribution is 2.62. The van der Waals surface area contributed by atoms with Crippen LogP contribution in [0, 0.1) is 23.7 Å². The highest BCUT2D eigenvalue weighted by molar-refractivity contribution is 5.80. The predicted molar refractivity (Wildman–Crippen MR) is 109 cm³/mol. The van der Waals surface area contributed by atoms with Gasteiger partial charge in [-0.3, -0.25) is 0 Å². The number of nitrogens with two attached hydrogens (primary N) is 1. The van der Waals surface area contributed by atoms with Gasteiger partial charge < -0.3 is 21.3 Å². The van der Waals surface area contributed by atoms with E-state index in [0.29, 0.717) is 29.6 Å². The summed E-state index contributed by atoms with van der Waals surface area (Å²) in [4.78, 5) is 5.03. The van der Waals surface area contributed by atoms with Crippen molar-refractivity contribution in [1.82, 2.24) is 5.32 Å². The minimum Gasteiger partial charge on any atom is -0.385 e. The fourth-order valence-corrected chi connectivity index (χ4v) is 8.79. The molecule has 4 unspecified atom stereocenters. The summed E-state index contributed by atoms with van der Waals surface area (Å²) in [5.74, 6) is 2.57. The molecule has 5 heteroatoms. The van der Waals surface area contributed by atoms with Gasteiger partial charge in [-0.2, -0.15) is 0 Å². The first-order valence-corrected chi connectivity index (χ1v) is 11.1. The molecule has 0 aromatic carbocycles. The number of nitrogens with one attached hydrogen (secondary N) is 1. The summed E-state index contributed by atoms with van der Waals surface area (Å²) in [6.45, 7) is 8.63. The Morgan fingerprint density at radius 3 is 1.82 bits per heavy atom. The molecule has 8 fully saturated rings. The molecule has 8 aliphatic rings. The fraction of sp³-hybridized carbons (Fsp3) is 0.783. The number of guanidine groups is 1. The second kappa shape index (κ2) is 5.04. The molecule has 0 spiro atoms. The van der Waals surface area contributed by atoms with Crippen molar-refractivity contribution in [2.45, 2.75) is 86.5 Å². The third kappa shape index (κ3) is 2.12. The van der Waals surface area contributed by atoms with Gasteiger partial charge in [-0.15, -0.1) is 0 Å². The predicted octanol–water partition coefficient (Wildman–Crippen LogP) is 2.39. The number of aliphatic imine (C=N–C) groups is 1. The van der Waals surface area contributed by atoms with Gasteiger partial charge >= 0.3 is 0 Å². The molecule has 0 aromatic rings. The number of nitrogens with zero attached hydrogens (tertiary/aromatic N) is 1. The normalized spacial score (nSPS) is 56.6. The van der Waals surface area contributed by atoms with E-state index in [9.17, 15) is 10.2 Å². The first-order chi connectivity index (χ1) is 13.1. The summed E-state index contributed by atoms with van der Waals surface area (Å²) >= 11 is 0. The average molecular weight is 384 g/mol. The highest BCUT2D eigenvalue weighted by atomic mass is 16.3. The first-order valence-electron chi connectivity index (χ1n) is 11.1. The average Bonchev–Trinajstić information content (AvgIpc) is 2.55. The van der Waals surface area contributed by atoms with Crippen molar-refractivity contribution in [3.05, 3.63) is 24.3 Å². The third-order valence-corrected chi connectivity index (χ3v) is 9.33. The van der Waals surface area contributed by atoms with Gasteiger partial charge in [-0.1, -0.05) is 13.2 Å². The Kier molecular flexibility index (Phi) is 3.15. The van der Waals surface area contributed by atoms with Gasteiger partial charge in [0.1, 0.15) is 0 Å². The van der Waals surface area contributed by atoms with Gasteiger partial charge in [0.25, 0.3) is 0 Å². The Balaban J connectivity index is 1.32. The molecule has 8 saturated carbocycles. The molecule has 0 heterocycles. The fourth-order valence-electron chi connectivity index (χ4n) is 8.79. The lowest BCUT2D eigenvalue weighted by Gasteiger charge is -2.62. The molecular weight excluding hydrogens is 350 g/mol. The number of hydrogen-bond donors (Lipinski definition) is 4. The molecule has 0 aliphatic heterocycles. The number of hydrogen-bond acceptors (Lipinski definition) is 3. The number of aliphatic hydroxyl groups is 2. The van der Waals surface area contributed by atoms with Crippen LogP contribution in [0.4, 0.5) is 0 Å². The molecule has 152 valence electrons. The molecule has 4 atom stereocenters. The van der Waals surface area contributed by atoms with E-state index < -0.39 is 16.7 Å². The zero-order valence-electron chi connectivity index (χ0n) is 16.7. The first kappa shape index (κ1) is 17.5. The van der Waals surface area contributed by atoms with Crippen LogP contribution in [0.15, 0.2) is 29.3 Å². The Morgan fingerprint density at radius 2 is 1.29 bits per heavy atom. The molecule has 5 N–H and O–H groups in total. The summed E-state index contributed by atoms with van der Waals surface area (Å²) < 4.78 is 0. The van der Waals surface area contributed by atoms with Crippen LogP contribution < -0.4 is 11.1 Å². The van der Waals surface area contributed by atoms with Crippen LogP contribution in [0.3, 0.4) is 0 Å². The summed E-state index contributed by atoms with van der Waals surface area (Å²) in [5.41, 5.74) is 6.06. The van der Waals surface area contributed by atoms with Gasteiger partial charge in [0.15, 0.2) is 5.96 Å². The maximum atomic E-state index is 11.2. The van der Waals surface area contributed by atoms with Gasteiger partial charge in [0, 0.05) is 0 Å². The van der Waals surface area contributed by atoms with Crippen LogP contribution in [-0.4, -0.2) is 38.5 Å². The highest BCUT2D eigenvalue weighted by Gasteiger charge is 2.62. The van der Waals surface area contributed by atoms with Crippen LogP contribution in [0.2, 0.25) is 0 Å². The van der Waals surface area contributed by atoms with Crippen molar-refractivity contribution in [2.75, 3.05) is 0 Å². The monoisotopic (exact) mass is 383 g/mol. The van der Waals surface area contributed by atoms with E-state index in [2.05, 4.69) is 18.5 Å². The van der Waals surface area contributed by atoms with Gasteiger partial charge in [0.05, 0.1) is 22.3 Å². The molecule has 5 nitrogen and oxygen atoms in total. The van der Waals surface area contributed by atoms with Crippen LogP contribution in [-0.2, 0) is 0 Å². The van der Waals surface area contributed by atoms with Crippen molar-refractivity contribution in [2.24, 2.45) is 34.4 Å². The summed E-state index contributed by atoms with van der Waals surface area (Å²) in [6.07, 6.45) is 9.68. The molecule has 0 radical (unpaired) electrons. The Morgan fingerprint density at radius 1 is 0.821 bits per heavy atom. The maximum Gasteiger partial charge on any atom is 0.190 e. The van der Waals surface area contributed by atoms with E-state index in [-0.39, 0.29) is 5.54 Å². The molecule has 8 aliphatic carbocycles. The van der Waals surface area contributed by atoms with Crippen LogP contribution in [0.25, 0.3) is 0 Å². The summed E-state index contributed by atoms with van der Waals surface area (Å²) in [5, 5.41) is 25.9. The van der Waals surface area contributed by atoms with Gasteiger partial charge in [-0.05, 0) is 99.0 Å². The largest absolute Gasteiger partial charge is 0.385 e. The topological polar surface area (TPSA) is 90.9 Å². The van der Waals surface area contributed by atoms with E-state index in [1.165, 1.54) is 12.8 Å². The zero-order valence-corrected chi connectivity index (χ0v) is 16.7. The van der Waals surface area contributed by atoms with Crippen molar-refractivity contribution in [1.29, 1.82) is 0 Å². The van der Waals surface area contributed by atoms with Gasteiger partial charge in [0.2, 0.25) is 0 Å². The van der Waals surface area contributed by atoms with Crippen molar-refractivity contribution < 1.29 is 10.2 Å². The van der Waals surface area contributed by atoms with Crippen LogP contribution >= 0.6 is 0 Å². The second-order valence-corrected chi connectivity index (χ2v) is 11.3. The van der Waals surface area contributed by atoms with Crippen LogP contribution in [0.1, 0.15) is 64.2 Å².